The van der Waals surface area contributed by atoms with Crippen LogP contribution in [0.25, 0.3) is 0 Å². The van der Waals surface area contributed by atoms with Crippen LogP contribution in [0, 0.1) is 0 Å². The van der Waals surface area contributed by atoms with Gasteiger partial charge in [-0.1, -0.05) is 6.58 Å². The average Bonchev–Trinajstić information content (AvgIpc) is 1.72. The lowest BCUT2D eigenvalue weighted by atomic mass is 10.5. The van der Waals surface area contributed by atoms with Gasteiger partial charge < -0.3 is 10.5 Å². The van der Waals surface area contributed by atoms with Crippen LogP contribution in [0.1, 0.15) is 13.8 Å². The normalized spacial score (nSPS) is 7.12. The lowest BCUT2D eigenvalue weighted by Gasteiger charge is -1.99. The van der Waals surface area contributed by atoms with Crippen molar-refractivity contribution in [1.82, 2.24) is 0 Å². The molecule has 0 radical (unpaired) electrons. The first-order valence-electron chi connectivity index (χ1n) is 2.61. The highest BCUT2D eigenvalue weighted by atomic mass is 16.5. The average molecular weight is 117 g/mol. The molecule has 0 aromatic rings. The number of hydrogen-bond donors (Lipinski definition) is 1. The highest BCUT2D eigenvalue weighted by molar-refractivity contribution is 4.50. The Morgan fingerprint density at radius 3 is 1.88 bits per heavy atom. The topological polar surface area (TPSA) is 35.2 Å². The smallest absolute Gasteiger partial charge is 0.0922 e. The van der Waals surface area contributed by atoms with E-state index in [1.165, 1.54) is 13.3 Å². The van der Waals surface area contributed by atoms with E-state index >= 15 is 0 Å². The van der Waals surface area contributed by atoms with E-state index in [1.54, 1.807) is 0 Å². The SMILES string of the molecule is C=COC(C)C.CN. The van der Waals surface area contributed by atoms with Crippen LogP contribution in [0.4, 0.5) is 0 Å². The molecule has 8 heavy (non-hydrogen) atoms. The van der Waals surface area contributed by atoms with Crippen molar-refractivity contribution >= 4 is 0 Å². The standard InChI is InChI=1S/C5H10O.CH5N/c1-4-6-5(2)3;1-2/h4-5H,1H2,2-3H3;2H2,1H3. The lowest BCUT2D eigenvalue weighted by Crippen LogP contribution is -1.93. The van der Waals surface area contributed by atoms with Crippen molar-refractivity contribution in [1.29, 1.82) is 0 Å². The summed E-state index contributed by atoms with van der Waals surface area (Å²) in [4.78, 5) is 0. The fourth-order valence-corrected chi connectivity index (χ4v) is 0.192. The fourth-order valence-electron chi connectivity index (χ4n) is 0.192. The Bertz CT molecular complexity index is 43.8. The van der Waals surface area contributed by atoms with Gasteiger partial charge in [-0.25, -0.2) is 0 Å². The van der Waals surface area contributed by atoms with E-state index in [2.05, 4.69) is 12.3 Å². The first-order chi connectivity index (χ1) is 3.77. The summed E-state index contributed by atoms with van der Waals surface area (Å²) in [5.41, 5.74) is 4.50. The summed E-state index contributed by atoms with van der Waals surface area (Å²) < 4.78 is 4.81. The fraction of sp³-hybridized carbons (Fsp3) is 0.667. The van der Waals surface area contributed by atoms with E-state index in [-0.39, 0.29) is 6.10 Å². The Kier molecular flexibility index (Phi) is 12.7. The highest BCUT2D eigenvalue weighted by Gasteiger charge is 1.81. The number of rotatable bonds is 2. The third kappa shape index (κ3) is 17.8. The molecule has 0 saturated carbocycles. The summed E-state index contributed by atoms with van der Waals surface area (Å²) >= 11 is 0. The van der Waals surface area contributed by atoms with E-state index in [0.717, 1.165) is 0 Å². The van der Waals surface area contributed by atoms with E-state index in [4.69, 9.17) is 4.74 Å². The van der Waals surface area contributed by atoms with Crippen LogP contribution in [-0.4, -0.2) is 13.2 Å². The van der Waals surface area contributed by atoms with Crippen LogP contribution in [0.15, 0.2) is 12.8 Å². The summed E-state index contributed by atoms with van der Waals surface area (Å²) in [6.07, 6.45) is 1.73. The van der Waals surface area contributed by atoms with Crippen LogP contribution in [0.3, 0.4) is 0 Å². The van der Waals surface area contributed by atoms with Gasteiger partial charge in [-0.3, -0.25) is 0 Å². The maximum Gasteiger partial charge on any atom is 0.0922 e. The number of hydrogen-bond acceptors (Lipinski definition) is 2. The highest BCUT2D eigenvalue weighted by Crippen LogP contribution is 1.83. The molecule has 2 N–H and O–H groups in total. The maximum absolute atomic E-state index is 4.81. The van der Waals surface area contributed by atoms with Gasteiger partial charge in [-0.05, 0) is 20.9 Å². The third-order valence-electron chi connectivity index (χ3n) is 0.368. The number of ether oxygens (including phenoxy) is 1. The summed E-state index contributed by atoms with van der Waals surface area (Å²) in [6.45, 7) is 7.30. The van der Waals surface area contributed by atoms with Crippen LogP contribution in [0.5, 0.6) is 0 Å². The molecule has 0 amide bonds. The first-order valence-corrected chi connectivity index (χ1v) is 2.61. The van der Waals surface area contributed by atoms with E-state index in [9.17, 15) is 0 Å². The van der Waals surface area contributed by atoms with Crippen LogP contribution < -0.4 is 5.73 Å². The van der Waals surface area contributed by atoms with Crippen molar-refractivity contribution < 1.29 is 4.74 Å². The summed E-state index contributed by atoms with van der Waals surface area (Å²) in [5, 5.41) is 0. The molecular weight excluding hydrogens is 102 g/mol. The quantitative estimate of drug-likeness (QED) is 0.550. The molecule has 0 unspecified atom stereocenters. The van der Waals surface area contributed by atoms with Gasteiger partial charge in [0.15, 0.2) is 0 Å². The second-order valence-corrected chi connectivity index (χ2v) is 1.35. The molecule has 0 atom stereocenters. The predicted octanol–water partition coefficient (Wildman–Crippen LogP) is 1.13. The van der Waals surface area contributed by atoms with Gasteiger partial charge >= 0.3 is 0 Å². The van der Waals surface area contributed by atoms with Crippen molar-refractivity contribution in [2.24, 2.45) is 5.73 Å². The Morgan fingerprint density at radius 1 is 1.50 bits per heavy atom. The zero-order valence-electron chi connectivity index (χ0n) is 5.85. The minimum absolute atomic E-state index is 0.280. The maximum atomic E-state index is 4.81. The van der Waals surface area contributed by atoms with E-state index in [0.29, 0.717) is 0 Å². The van der Waals surface area contributed by atoms with E-state index < -0.39 is 0 Å². The third-order valence-corrected chi connectivity index (χ3v) is 0.368. The molecule has 0 aromatic heterocycles. The Labute approximate surface area is 51.3 Å². The van der Waals surface area contributed by atoms with Gasteiger partial charge in [0, 0.05) is 0 Å². The predicted molar refractivity (Wildman–Crippen MR) is 36.5 cm³/mol. The van der Waals surface area contributed by atoms with Gasteiger partial charge in [0.25, 0.3) is 0 Å². The van der Waals surface area contributed by atoms with Crippen molar-refractivity contribution in [3.63, 3.8) is 0 Å². The molecule has 0 fully saturated rings. The second-order valence-electron chi connectivity index (χ2n) is 1.35. The molecule has 0 aliphatic carbocycles. The molecule has 2 heteroatoms. The molecule has 50 valence electrons. The molecule has 0 saturated heterocycles. The van der Waals surface area contributed by atoms with Crippen LogP contribution >= 0.6 is 0 Å². The van der Waals surface area contributed by atoms with Crippen molar-refractivity contribution in [3.8, 4) is 0 Å². The largest absolute Gasteiger partial charge is 0.499 e. The Hall–Kier alpha value is -0.500. The van der Waals surface area contributed by atoms with Crippen molar-refractivity contribution in [2.45, 2.75) is 20.0 Å². The van der Waals surface area contributed by atoms with Gasteiger partial charge in [0.1, 0.15) is 0 Å². The monoisotopic (exact) mass is 117 g/mol. The van der Waals surface area contributed by atoms with Gasteiger partial charge in [0.2, 0.25) is 0 Å². The van der Waals surface area contributed by atoms with Crippen molar-refractivity contribution in [2.75, 3.05) is 7.05 Å². The lowest BCUT2D eigenvalue weighted by molar-refractivity contribution is 0.180. The van der Waals surface area contributed by atoms with Crippen molar-refractivity contribution in [3.05, 3.63) is 12.8 Å². The minimum atomic E-state index is 0.280. The van der Waals surface area contributed by atoms with E-state index in [1.807, 2.05) is 13.8 Å². The number of nitrogens with two attached hydrogens (primary N) is 1. The second kappa shape index (κ2) is 9.71. The zero-order valence-corrected chi connectivity index (χ0v) is 5.85. The molecular formula is C6H15NO. The summed E-state index contributed by atoms with van der Waals surface area (Å²) in [5.74, 6) is 0. The van der Waals surface area contributed by atoms with Crippen LogP contribution in [-0.2, 0) is 4.74 Å². The molecule has 0 bridgehead atoms. The molecule has 0 aliphatic heterocycles. The minimum Gasteiger partial charge on any atom is -0.499 e. The Balaban J connectivity index is 0. The molecule has 0 heterocycles. The molecule has 0 aromatic carbocycles. The van der Waals surface area contributed by atoms with Crippen LogP contribution in [0.2, 0.25) is 0 Å². The molecule has 0 spiro atoms. The Morgan fingerprint density at radius 2 is 1.88 bits per heavy atom. The van der Waals surface area contributed by atoms with Gasteiger partial charge in [0.05, 0.1) is 12.4 Å². The molecule has 0 aliphatic rings. The summed E-state index contributed by atoms with van der Waals surface area (Å²) in [7, 11) is 1.50. The van der Waals surface area contributed by atoms with Gasteiger partial charge in [-0.2, -0.15) is 0 Å². The van der Waals surface area contributed by atoms with Gasteiger partial charge in [-0.15, -0.1) is 0 Å². The molecule has 0 rings (SSSR count). The zero-order chi connectivity index (χ0) is 6.99. The summed E-state index contributed by atoms with van der Waals surface area (Å²) in [6, 6.07) is 0. The first kappa shape index (κ1) is 10.5. The molecule has 2 nitrogen and oxygen atoms in total.